The molecule has 78 valence electrons. The van der Waals surface area contributed by atoms with Gasteiger partial charge in [0.1, 0.15) is 0 Å². The van der Waals surface area contributed by atoms with Gasteiger partial charge in [0, 0.05) is 18.7 Å². The summed E-state index contributed by atoms with van der Waals surface area (Å²) in [4.78, 5) is 15.9. The predicted molar refractivity (Wildman–Crippen MR) is 52.0 cm³/mol. The van der Waals surface area contributed by atoms with Gasteiger partial charge in [-0.2, -0.15) is 0 Å². The minimum atomic E-state index is -0.568. The highest BCUT2D eigenvalue weighted by Gasteiger charge is 2.23. The average molecular weight is 197 g/mol. The number of rotatable bonds is 2. The molecular formula is C9H15N3O2. The zero-order valence-corrected chi connectivity index (χ0v) is 7.92. The number of hydrogen-bond donors (Lipinski definition) is 4. The van der Waals surface area contributed by atoms with E-state index in [1.165, 1.54) is 0 Å². The first-order valence-electron chi connectivity index (χ1n) is 4.94. The van der Waals surface area contributed by atoms with E-state index in [1.54, 1.807) is 6.20 Å². The number of H-pyrrole nitrogens is 2. The molecule has 1 aromatic heterocycles. The Labute approximate surface area is 81.5 Å². The zero-order chi connectivity index (χ0) is 9.97. The van der Waals surface area contributed by atoms with Crippen molar-refractivity contribution >= 4 is 0 Å². The molecule has 0 aliphatic carbocycles. The number of piperidine rings is 1. The third kappa shape index (κ3) is 1.88. The number of aromatic amines is 2. The van der Waals surface area contributed by atoms with E-state index in [2.05, 4.69) is 15.3 Å². The fourth-order valence-electron chi connectivity index (χ4n) is 1.91. The first kappa shape index (κ1) is 9.48. The molecular weight excluding hydrogens is 182 g/mol. The van der Waals surface area contributed by atoms with Gasteiger partial charge in [-0.3, -0.25) is 0 Å². The molecule has 1 aliphatic heterocycles. The number of aliphatic hydroxyl groups excluding tert-OH is 1. The Kier molecular flexibility index (Phi) is 2.69. The van der Waals surface area contributed by atoms with E-state index in [9.17, 15) is 9.90 Å². The van der Waals surface area contributed by atoms with E-state index in [1.807, 2.05) is 0 Å². The molecule has 5 heteroatoms. The Hall–Kier alpha value is -1.07. The SMILES string of the molecule is O=c1[nH]cc(C(O)C2CCCNC2)[nH]1. The lowest BCUT2D eigenvalue weighted by Gasteiger charge is -2.26. The van der Waals surface area contributed by atoms with Crippen LogP contribution in [0.25, 0.3) is 0 Å². The maximum absolute atomic E-state index is 10.8. The molecule has 1 aliphatic rings. The molecule has 2 atom stereocenters. The summed E-state index contributed by atoms with van der Waals surface area (Å²) in [6, 6.07) is 0. The van der Waals surface area contributed by atoms with Gasteiger partial charge in [-0.1, -0.05) is 0 Å². The highest BCUT2D eigenvalue weighted by Crippen LogP contribution is 2.24. The number of aromatic nitrogens is 2. The first-order chi connectivity index (χ1) is 6.77. The van der Waals surface area contributed by atoms with E-state index in [0.29, 0.717) is 5.69 Å². The van der Waals surface area contributed by atoms with Gasteiger partial charge in [0.2, 0.25) is 0 Å². The highest BCUT2D eigenvalue weighted by molar-refractivity contribution is 5.01. The lowest BCUT2D eigenvalue weighted by molar-refractivity contribution is 0.0886. The maximum atomic E-state index is 10.8. The highest BCUT2D eigenvalue weighted by atomic mass is 16.3. The normalized spacial score (nSPS) is 24.8. The van der Waals surface area contributed by atoms with Gasteiger partial charge >= 0.3 is 5.69 Å². The number of imidazole rings is 1. The minimum Gasteiger partial charge on any atom is -0.386 e. The van der Waals surface area contributed by atoms with E-state index in [0.717, 1.165) is 25.9 Å². The van der Waals surface area contributed by atoms with Gasteiger partial charge in [0.05, 0.1) is 11.8 Å². The van der Waals surface area contributed by atoms with Crippen LogP contribution in [-0.2, 0) is 0 Å². The first-order valence-corrected chi connectivity index (χ1v) is 4.94. The van der Waals surface area contributed by atoms with E-state index in [4.69, 9.17) is 0 Å². The van der Waals surface area contributed by atoms with Crippen molar-refractivity contribution in [3.05, 3.63) is 22.4 Å². The molecule has 0 radical (unpaired) electrons. The van der Waals surface area contributed by atoms with Crippen molar-refractivity contribution in [2.75, 3.05) is 13.1 Å². The van der Waals surface area contributed by atoms with Gasteiger partial charge in [0.25, 0.3) is 0 Å². The monoisotopic (exact) mass is 197 g/mol. The van der Waals surface area contributed by atoms with E-state index in [-0.39, 0.29) is 11.6 Å². The third-order valence-corrected chi connectivity index (χ3v) is 2.72. The van der Waals surface area contributed by atoms with Crippen molar-refractivity contribution in [2.24, 2.45) is 5.92 Å². The molecule has 2 rings (SSSR count). The molecule has 1 saturated heterocycles. The molecule has 5 nitrogen and oxygen atoms in total. The van der Waals surface area contributed by atoms with Gasteiger partial charge in [-0.15, -0.1) is 0 Å². The predicted octanol–water partition coefficient (Wildman–Crippen LogP) is -0.264. The van der Waals surface area contributed by atoms with Crippen LogP contribution in [0.3, 0.4) is 0 Å². The summed E-state index contributed by atoms with van der Waals surface area (Å²) in [5, 5.41) is 13.2. The van der Waals surface area contributed by atoms with Crippen molar-refractivity contribution in [3.8, 4) is 0 Å². The largest absolute Gasteiger partial charge is 0.386 e. The van der Waals surface area contributed by atoms with Crippen molar-refractivity contribution < 1.29 is 5.11 Å². The lowest BCUT2D eigenvalue weighted by atomic mass is 9.92. The van der Waals surface area contributed by atoms with Crippen molar-refractivity contribution in [3.63, 3.8) is 0 Å². The maximum Gasteiger partial charge on any atom is 0.323 e. The van der Waals surface area contributed by atoms with Gasteiger partial charge in [0.15, 0.2) is 0 Å². The Bertz CT molecular complexity index is 338. The average Bonchev–Trinajstić information content (AvgIpc) is 2.65. The smallest absolute Gasteiger partial charge is 0.323 e. The van der Waals surface area contributed by atoms with Crippen LogP contribution in [0.15, 0.2) is 11.0 Å². The minimum absolute atomic E-state index is 0.204. The van der Waals surface area contributed by atoms with E-state index >= 15 is 0 Å². The molecule has 2 unspecified atom stereocenters. The van der Waals surface area contributed by atoms with Crippen LogP contribution in [0, 0.1) is 5.92 Å². The summed E-state index contributed by atoms with van der Waals surface area (Å²) in [5.74, 6) is 0.204. The Morgan fingerprint density at radius 1 is 1.57 bits per heavy atom. The fraction of sp³-hybridized carbons (Fsp3) is 0.667. The molecule has 1 aromatic rings. The number of hydrogen-bond acceptors (Lipinski definition) is 3. The molecule has 4 N–H and O–H groups in total. The van der Waals surface area contributed by atoms with Gasteiger partial charge in [-0.25, -0.2) is 4.79 Å². The number of aliphatic hydroxyl groups is 1. The topological polar surface area (TPSA) is 80.9 Å². The third-order valence-electron chi connectivity index (χ3n) is 2.72. The fourth-order valence-corrected chi connectivity index (χ4v) is 1.91. The summed E-state index contributed by atoms with van der Waals surface area (Å²) in [6.45, 7) is 1.83. The molecule has 0 amide bonds. The Balaban J connectivity index is 2.06. The van der Waals surface area contributed by atoms with Crippen LogP contribution in [0.4, 0.5) is 0 Å². The summed E-state index contributed by atoms with van der Waals surface area (Å²) >= 11 is 0. The second-order valence-electron chi connectivity index (χ2n) is 3.75. The Morgan fingerprint density at radius 2 is 2.43 bits per heavy atom. The second-order valence-corrected chi connectivity index (χ2v) is 3.75. The molecule has 14 heavy (non-hydrogen) atoms. The van der Waals surface area contributed by atoms with Crippen LogP contribution in [0.5, 0.6) is 0 Å². The summed E-state index contributed by atoms with van der Waals surface area (Å²) in [5.41, 5.74) is 0.325. The van der Waals surface area contributed by atoms with Crippen molar-refractivity contribution in [1.82, 2.24) is 15.3 Å². The molecule has 0 aromatic carbocycles. The molecule has 1 fully saturated rings. The second kappa shape index (κ2) is 3.98. The van der Waals surface area contributed by atoms with Crippen molar-refractivity contribution in [1.29, 1.82) is 0 Å². The molecule has 0 saturated carbocycles. The zero-order valence-electron chi connectivity index (χ0n) is 7.92. The van der Waals surface area contributed by atoms with Crippen LogP contribution < -0.4 is 11.0 Å². The Morgan fingerprint density at radius 3 is 3.00 bits per heavy atom. The summed E-state index contributed by atoms with van der Waals surface area (Å²) in [7, 11) is 0. The van der Waals surface area contributed by atoms with Crippen LogP contribution in [0.2, 0.25) is 0 Å². The van der Waals surface area contributed by atoms with Crippen LogP contribution in [-0.4, -0.2) is 28.2 Å². The quantitative estimate of drug-likeness (QED) is 0.527. The van der Waals surface area contributed by atoms with Crippen molar-refractivity contribution in [2.45, 2.75) is 18.9 Å². The van der Waals surface area contributed by atoms with Crippen LogP contribution in [0.1, 0.15) is 24.6 Å². The lowest BCUT2D eigenvalue weighted by Crippen LogP contribution is -2.33. The van der Waals surface area contributed by atoms with E-state index < -0.39 is 6.10 Å². The van der Waals surface area contributed by atoms with Gasteiger partial charge in [-0.05, 0) is 19.4 Å². The summed E-state index contributed by atoms with van der Waals surface area (Å²) in [6.07, 6.45) is 3.06. The summed E-state index contributed by atoms with van der Waals surface area (Å²) < 4.78 is 0. The molecule has 2 heterocycles. The van der Waals surface area contributed by atoms with Gasteiger partial charge < -0.3 is 20.4 Å². The standard InChI is InChI=1S/C9H15N3O2/c13-8(6-2-1-3-10-4-6)7-5-11-9(14)12-7/h5-6,8,10,13H,1-4H2,(H2,11,12,14). The van der Waals surface area contributed by atoms with Crippen LogP contribution >= 0.6 is 0 Å². The molecule has 0 bridgehead atoms. The number of nitrogens with one attached hydrogen (secondary N) is 3. The molecule has 0 spiro atoms.